The first-order valence-corrected chi connectivity index (χ1v) is 6.28. The molecule has 1 fully saturated rings. The van der Waals surface area contributed by atoms with E-state index in [1.54, 1.807) is 0 Å². The van der Waals surface area contributed by atoms with Crippen LogP contribution in [-0.2, 0) is 9.53 Å². The number of hydrogen-bond donors (Lipinski definition) is 1. The zero-order chi connectivity index (χ0) is 13.0. The molecule has 0 amide bonds. The SMILES string of the molecule is Cc1ccccc1[C@H]1CN(CCC(=O)O)CCO1. The van der Waals surface area contributed by atoms with Crippen molar-refractivity contribution in [1.29, 1.82) is 0 Å². The number of benzene rings is 1. The Hall–Kier alpha value is -1.39. The second kappa shape index (κ2) is 5.98. The van der Waals surface area contributed by atoms with E-state index in [1.807, 2.05) is 12.1 Å². The zero-order valence-electron chi connectivity index (χ0n) is 10.6. The Bertz CT molecular complexity index is 419. The average molecular weight is 249 g/mol. The van der Waals surface area contributed by atoms with E-state index >= 15 is 0 Å². The smallest absolute Gasteiger partial charge is 0.304 e. The van der Waals surface area contributed by atoms with Gasteiger partial charge in [0.2, 0.25) is 0 Å². The summed E-state index contributed by atoms with van der Waals surface area (Å²) in [5.74, 6) is -0.742. The molecule has 1 aromatic rings. The number of morpholine rings is 1. The van der Waals surface area contributed by atoms with Crippen molar-refractivity contribution in [3.05, 3.63) is 35.4 Å². The van der Waals surface area contributed by atoms with E-state index in [0.29, 0.717) is 13.2 Å². The van der Waals surface area contributed by atoms with Crippen LogP contribution in [-0.4, -0.2) is 42.2 Å². The maximum absolute atomic E-state index is 10.6. The summed E-state index contributed by atoms with van der Waals surface area (Å²) in [7, 11) is 0. The summed E-state index contributed by atoms with van der Waals surface area (Å²) in [6, 6.07) is 8.20. The van der Waals surface area contributed by atoms with E-state index in [4.69, 9.17) is 9.84 Å². The minimum absolute atomic E-state index is 0.0637. The van der Waals surface area contributed by atoms with Crippen molar-refractivity contribution >= 4 is 5.97 Å². The fourth-order valence-corrected chi connectivity index (χ4v) is 2.30. The van der Waals surface area contributed by atoms with Crippen LogP contribution in [0.1, 0.15) is 23.7 Å². The van der Waals surface area contributed by atoms with Gasteiger partial charge in [-0.25, -0.2) is 0 Å². The first-order chi connectivity index (χ1) is 8.66. The van der Waals surface area contributed by atoms with Gasteiger partial charge in [0.25, 0.3) is 0 Å². The number of aliphatic carboxylic acids is 1. The highest BCUT2D eigenvalue weighted by Gasteiger charge is 2.23. The molecule has 1 aliphatic rings. The summed E-state index contributed by atoms with van der Waals surface area (Å²) in [6.07, 6.45) is 0.259. The van der Waals surface area contributed by atoms with Crippen molar-refractivity contribution in [1.82, 2.24) is 4.90 Å². The molecule has 1 aliphatic heterocycles. The number of carboxylic acid groups (broad SMARTS) is 1. The molecule has 18 heavy (non-hydrogen) atoms. The molecule has 1 aromatic carbocycles. The Balaban J connectivity index is 1.98. The molecule has 2 rings (SSSR count). The van der Waals surface area contributed by atoms with Crippen molar-refractivity contribution < 1.29 is 14.6 Å². The zero-order valence-corrected chi connectivity index (χ0v) is 10.6. The van der Waals surface area contributed by atoms with E-state index < -0.39 is 5.97 Å². The van der Waals surface area contributed by atoms with Gasteiger partial charge in [-0.3, -0.25) is 9.69 Å². The molecule has 1 atom stereocenters. The van der Waals surface area contributed by atoms with Crippen molar-refractivity contribution in [2.75, 3.05) is 26.2 Å². The van der Waals surface area contributed by atoms with Gasteiger partial charge in [0.1, 0.15) is 0 Å². The lowest BCUT2D eigenvalue weighted by atomic mass is 10.0. The van der Waals surface area contributed by atoms with Crippen molar-refractivity contribution in [2.24, 2.45) is 0 Å². The van der Waals surface area contributed by atoms with Crippen molar-refractivity contribution in [3.8, 4) is 0 Å². The lowest BCUT2D eigenvalue weighted by molar-refractivity contribution is -0.137. The Labute approximate surface area is 107 Å². The number of ether oxygens (including phenoxy) is 1. The van der Waals surface area contributed by atoms with E-state index in [2.05, 4.69) is 24.0 Å². The highest BCUT2D eigenvalue weighted by molar-refractivity contribution is 5.66. The first kappa shape index (κ1) is 13.1. The molecular weight excluding hydrogens is 230 g/mol. The van der Waals surface area contributed by atoms with Gasteiger partial charge in [-0.15, -0.1) is 0 Å². The van der Waals surface area contributed by atoms with Crippen LogP contribution >= 0.6 is 0 Å². The molecule has 0 radical (unpaired) electrons. The summed E-state index contributed by atoms with van der Waals surface area (Å²) < 4.78 is 5.79. The van der Waals surface area contributed by atoms with Crippen LogP contribution in [0.4, 0.5) is 0 Å². The molecule has 98 valence electrons. The van der Waals surface area contributed by atoms with Gasteiger partial charge in [0, 0.05) is 19.6 Å². The summed E-state index contributed by atoms with van der Waals surface area (Å²) in [5, 5.41) is 8.71. The average Bonchev–Trinajstić information content (AvgIpc) is 2.37. The van der Waals surface area contributed by atoms with Gasteiger partial charge in [0.05, 0.1) is 19.1 Å². The van der Waals surface area contributed by atoms with Gasteiger partial charge >= 0.3 is 5.97 Å². The highest BCUT2D eigenvalue weighted by Crippen LogP contribution is 2.24. The highest BCUT2D eigenvalue weighted by atomic mass is 16.5. The topological polar surface area (TPSA) is 49.8 Å². The third-order valence-electron chi connectivity index (χ3n) is 3.33. The molecular formula is C14H19NO3. The fourth-order valence-electron chi connectivity index (χ4n) is 2.30. The lowest BCUT2D eigenvalue weighted by Gasteiger charge is -2.33. The Morgan fingerprint density at radius 1 is 1.50 bits per heavy atom. The van der Waals surface area contributed by atoms with Crippen LogP contribution in [0.15, 0.2) is 24.3 Å². The minimum Gasteiger partial charge on any atom is -0.481 e. The van der Waals surface area contributed by atoms with Crippen molar-refractivity contribution in [3.63, 3.8) is 0 Å². The number of nitrogens with zero attached hydrogens (tertiary/aromatic N) is 1. The van der Waals surface area contributed by atoms with Crippen molar-refractivity contribution in [2.45, 2.75) is 19.4 Å². The third kappa shape index (κ3) is 3.31. The number of carboxylic acids is 1. The first-order valence-electron chi connectivity index (χ1n) is 6.28. The predicted molar refractivity (Wildman–Crippen MR) is 68.6 cm³/mol. The fraction of sp³-hybridized carbons (Fsp3) is 0.500. The Morgan fingerprint density at radius 2 is 2.28 bits per heavy atom. The van der Waals surface area contributed by atoms with Gasteiger partial charge in [0.15, 0.2) is 0 Å². The second-order valence-corrected chi connectivity index (χ2v) is 4.66. The molecule has 0 unspecified atom stereocenters. The van der Waals surface area contributed by atoms with Crippen LogP contribution in [0.5, 0.6) is 0 Å². The molecule has 4 heteroatoms. The summed E-state index contributed by atoms with van der Waals surface area (Å²) in [5.41, 5.74) is 2.43. The number of hydrogen-bond acceptors (Lipinski definition) is 3. The molecule has 1 saturated heterocycles. The lowest BCUT2D eigenvalue weighted by Crippen LogP contribution is -2.39. The minimum atomic E-state index is -0.742. The molecule has 0 aromatic heterocycles. The van der Waals surface area contributed by atoms with Crippen LogP contribution in [0.2, 0.25) is 0 Å². The van der Waals surface area contributed by atoms with Gasteiger partial charge < -0.3 is 9.84 Å². The largest absolute Gasteiger partial charge is 0.481 e. The van der Waals surface area contributed by atoms with Crippen LogP contribution in [0.3, 0.4) is 0 Å². The van der Waals surface area contributed by atoms with Gasteiger partial charge in [-0.2, -0.15) is 0 Å². The quantitative estimate of drug-likeness (QED) is 0.884. The number of carbonyl (C=O) groups is 1. The van der Waals surface area contributed by atoms with E-state index in [-0.39, 0.29) is 12.5 Å². The maximum atomic E-state index is 10.6. The molecule has 1 heterocycles. The molecule has 0 aliphatic carbocycles. The Morgan fingerprint density at radius 3 is 3.00 bits per heavy atom. The summed E-state index contributed by atoms with van der Waals surface area (Å²) >= 11 is 0. The van der Waals surface area contributed by atoms with Gasteiger partial charge in [-0.1, -0.05) is 24.3 Å². The molecule has 0 bridgehead atoms. The standard InChI is InChI=1S/C14H19NO3/c1-11-4-2-3-5-12(11)13-10-15(8-9-18-13)7-6-14(16)17/h2-5,13H,6-10H2,1H3,(H,16,17)/t13-/m1/s1. The molecule has 4 nitrogen and oxygen atoms in total. The van der Waals surface area contributed by atoms with E-state index in [0.717, 1.165) is 13.1 Å². The summed E-state index contributed by atoms with van der Waals surface area (Å²) in [6.45, 7) is 4.93. The second-order valence-electron chi connectivity index (χ2n) is 4.66. The normalized spacial score (nSPS) is 20.8. The van der Waals surface area contributed by atoms with E-state index in [1.165, 1.54) is 11.1 Å². The number of rotatable bonds is 4. The molecule has 0 spiro atoms. The summed E-state index contributed by atoms with van der Waals surface area (Å²) in [4.78, 5) is 12.8. The predicted octanol–water partition coefficient (Wildman–Crippen LogP) is 1.84. The van der Waals surface area contributed by atoms with Crippen LogP contribution in [0, 0.1) is 6.92 Å². The molecule has 1 N–H and O–H groups in total. The van der Waals surface area contributed by atoms with E-state index in [9.17, 15) is 4.79 Å². The molecule has 0 saturated carbocycles. The number of aryl methyl sites for hydroxylation is 1. The van der Waals surface area contributed by atoms with Crippen LogP contribution in [0.25, 0.3) is 0 Å². The van der Waals surface area contributed by atoms with Crippen LogP contribution < -0.4 is 0 Å². The van der Waals surface area contributed by atoms with Gasteiger partial charge in [-0.05, 0) is 18.1 Å². The Kier molecular flexibility index (Phi) is 4.33. The monoisotopic (exact) mass is 249 g/mol. The maximum Gasteiger partial charge on any atom is 0.304 e. The third-order valence-corrected chi connectivity index (χ3v) is 3.33.